The lowest BCUT2D eigenvalue weighted by Crippen LogP contribution is -2.50. The van der Waals surface area contributed by atoms with E-state index in [1.165, 1.54) is 11.4 Å². The van der Waals surface area contributed by atoms with E-state index in [-0.39, 0.29) is 25.6 Å². The molecule has 0 radical (unpaired) electrons. The largest absolute Gasteiger partial charge is 0.501 e. The van der Waals surface area contributed by atoms with Crippen molar-refractivity contribution in [2.75, 3.05) is 43.9 Å². The van der Waals surface area contributed by atoms with Crippen molar-refractivity contribution in [2.24, 2.45) is 7.05 Å². The van der Waals surface area contributed by atoms with Crippen LogP contribution in [0.4, 0.5) is 5.95 Å². The van der Waals surface area contributed by atoms with E-state index in [0.29, 0.717) is 13.1 Å². The van der Waals surface area contributed by atoms with Gasteiger partial charge in [0, 0.05) is 33.2 Å². The van der Waals surface area contributed by atoms with Crippen LogP contribution in [0, 0.1) is 0 Å². The smallest absolute Gasteiger partial charge is 0.361 e. The minimum Gasteiger partial charge on any atom is -0.501 e. The Balaban J connectivity index is 2.35. The van der Waals surface area contributed by atoms with Crippen LogP contribution < -0.4 is 10.5 Å². The molecule has 0 spiro atoms. The topological polar surface area (TPSA) is 122 Å². The molecule has 1 aromatic rings. The van der Waals surface area contributed by atoms with E-state index >= 15 is 0 Å². The van der Waals surface area contributed by atoms with Gasteiger partial charge in [-0.1, -0.05) is 0 Å². The number of carbonyl (C=O) groups is 1. The molecule has 0 aromatic carbocycles. The van der Waals surface area contributed by atoms with Crippen LogP contribution >= 0.6 is 0 Å². The average Bonchev–Trinajstić information content (AvgIpc) is 2.52. The molecule has 1 N–H and O–H groups in total. The predicted molar refractivity (Wildman–Crippen MR) is 85.7 cm³/mol. The van der Waals surface area contributed by atoms with Crippen molar-refractivity contribution in [3.05, 3.63) is 16.0 Å². The second-order valence-corrected chi connectivity index (χ2v) is 7.33. The molecular formula is C13H20N4O6S. The molecule has 2 rings (SSSR count). The van der Waals surface area contributed by atoms with Crippen LogP contribution in [-0.4, -0.2) is 72.4 Å². The van der Waals surface area contributed by atoms with E-state index < -0.39 is 33.0 Å². The van der Waals surface area contributed by atoms with Gasteiger partial charge in [0.2, 0.25) is 21.7 Å². The first-order chi connectivity index (χ1) is 11.2. The molecule has 2 heterocycles. The van der Waals surface area contributed by atoms with Gasteiger partial charge in [-0.25, -0.2) is 18.2 Å². The first-order valence-corrected chi connectivity index (χ1v) is 9.18. The number of piperazine rings is 1. The van der Waals surface area contributed by atoms with E-state index in [9.17, 15) is 23.1 Å². The summed E-state index contributed by atoms with van der Waals surface area (Å²) in [6.45, 7) is 2.77. The molecule has 134 valence electrons. The third-order valence-electron chi connectivity index (χ3n) is 3.70. The molecule has 24 heavy (non-hydrogen) atoms. The fourth-order valence-corrected chi connectivity index (χ4v) is 3.25. The van der Waals surface area contributed by atoms with Gasteiger partial charge in [0.25, 0.3) is 5.56 Å². The van der Waals surface area contributed by atoms with Gasteiger partial charge >= 0.3 is 5.97 Å². The SMILES string of the molecule is CCOC(=O)c1nc(N2CCN(S(C)(=O)=O)CC2)n(C)c(=O)c1O. The van der Waals surface area contributed by atoms with E-state index in [0.717, 1.165) is 10.8 Å². The van der Waals surface area contributed by atoms with Crippen molar-refractivity contribution in [3.63, 3.8) is 0 Å². The number of aromatic nitrogens is 2. The molecule has 0 amide bonds. The summed E-state index contributed by atoms with van der Waals surface area (Å²) in [5.74, 6) is -1.48. The summed E-state index contributed by atoms with van der Waals surface area (Å²) >= 11 is 0. The quantitative estimate of drug-likeness (QED) is 0.661. The number of aromatic hydroxyl groups is 1. The first-order valence-electron chi connectivity index (χ1n) is 7.34. The maximum Gasteiger partial charge on any atom is 0.361 e. The molecule has 1 aliphatic rings. The summed E-state index contributed by atoms with van der Waals surface area (Å²) in [5.41, 5.74) is -1.21. The zero-order valence-electron chi connectivity index (χ0n) is 13.7. The number of esters is 1. The van der Waals surface area contributed by atoms with Gasteiger partial charge in [-0.3, -0.25) is 9.36 Å². The average molecular weight is 360 g/mol. The Morgan fingerprint density at radius 1 is 1.29 bits per heavy atom. The van der Waals surface area contributed by atoms with Crippen LogP contribution in [0.2, 0.25) is 0 Å². The van der Waals surface area contributed by atoms with Crippen molar-refractivity contribution in [1.82, 2.24) is 13.9 Å². The lowest BCUT2D eigenvalue weighted by molar-refractivity contribution is 0.0515. The van der Waals surface area contributed by atoms with E-state index in [4.69, 9.17) is 4.74 Å². The first kappa shape index (κ1) is 18.2. The zero-order chi connectivity index (χ0) is 18.1. The second-order valence-electron chi connectivity index (χ2n) is 5.34. The monoisotopic (exact) mass is 360 g/mol. The second kappa shape index (κ2) is 6.77. The number of carbonyl (C=O) groups excluding carboxylic acids is 1. The molecular weight excluding hydrogens is 340 g/mol. The van der Waals surface area contributed by atoms with E-state index in [2.05, 4.69) is 4.98 Å². The van der Waals surface area contributed by atoms with Crippen LogP contribution in [0.25, 0.3) is 0 Å². The number of sulfonamides is 1. The van der Waals surface area contributed by atoms with Crippen LogP contribution in [0.3, 0.4) is 0 Å². The zero-order valence-corrected chi connectivity index (χ0v) is 14.5. The highest BCUT2D eigenvalue weighted by Crippen LogP contribution is 2.18. The molecule has 1 fully saturated rings. The van der Waals surface area contributed by atoms with Crippen molar-refractivity contribution in [2.45, 2.75) is 6.92 Å². The third kappa shape index (κ3) is 3.51. The number of hydrogen-bond donors (Lipinski definition) is 1. The van der Waals surface area contributed by atoms with Gasteiger partial charge < -0.3 is 14.7 Å². The normalized spacial score (nSPS) is 16.2. The standard InChI is InChI=1S/C13H20N4O6S/c1-4-23-12(20)9-10(18)11(19)15(2)13(14-9)16-5-7-17(8-6-16)24(3,21)22/h18H,4-8H2,1-3H3. The number of nitrogens with zero attached hydrogens (tertiary/aromatic N) is 4. The van der Waals surface area contributed by atoms with Crippen molar-refractivity contribution in [1.29, 1.82) is 0 Å². The number of rotatable bonds is 4. The summed E-state index contributed by atoms with van der Waals surface area (Å²) < 4.78 is 30.3. The van der Waals surface area contributed by atoms with Crippen molar-refractivity contribution in [3.8, 4) is 5.75 Å². The Morgan fingerprint density at radius 2 is 1.88 bits per heavy atom. The molecule has 0 unspecified atom stereocenters. The fraction of sp³-hybridized carbons (Fsp3) is 0.615. The van der Waals surface area contributed by atoms with Crippen LogP contribution in [0.15, 0.2) is 4.79 Å². The van der Waals surface area contributed by atoms with Gasteiger partial charge in [0.1, 0.15) is 0 Å². The van der Waals surface area contributed by atoms with Crippen molar-refractivity contribution >= 4 is 21.9 Å². The third-order valence-corrected chi connectivity index (χ3v) is 5.01. The summed E-state index contributed by atoms with van der Waals surface area (Å²) in [6, 6.07) is 0. The van der Waals surface area contributed by atoms with Crippen LogP contribution in [0.1, 0.15) is 17.4 Å². The van der Waals surface area contributed by atoms with Gasteiger partial charge in [0.05, 0.1) is 12.9 Å². The lowest BCUT2D eigenvalue weighted by atomic mass is 10.3. The Morgan fingerprint density at radius 3 is 2.38 bits per heavy atom. The predicted octanol–water partition coefficient (Wildman–Crippen LogP) is -1.26. The lowest BCUT2D eigenvalue weighted by Gasteiger charge is -2.34. The van der Waals surface area contributed by atoms with Crippen molar-refractivity contribution < 1.29 is 23.1 Å². The van der Waals surface area contributed by atoms with E-state index in [1.807, 2.05) is 0 Å². The summed E-state index contributed by atoms with van der Waals surface area (Å²) in [6.07, 6.45) is 1.13. The molecule has 1 aliphatic heterocycles. The minimum absolute atomic E-state index is 0.0809. The molecule has 0 bridgehead atoms. The molecule has 1 saturated heterocycles. The summed E-state index contributed by atoms with van der Waals surface area (Å²) in [7, 11) is -1.86. The van der Waals surface area contributed by atoms with E-state index in [1.54, 1.807) is 11.8 Å². The highest BCUT2D eigenvalue weighted by atomic mass is 32.2. The molecule has 11 heteroatoms. The Bertz CT molecular complexity index is 795. The van der Waals surface area contributed by atoms with Crippen LogP contribution in [0.5, 0.6) is 5.75 Å². The highest BCUT2D eigenvalue weighted by molar-refractivity contribution is 7.88. The number of hydrogen-bond acceptors (Lipinski definition) is 8. The summed E-state index contributed by atoms with van der Waals surface area (Å²) in [4.78, 5) is 29.7. The molecule has 0 saturated carbocycles. The number of anilines is 1. The summed E-state index contributed by atoms with van der Waals surface area (Å²) in [5, 5.41) is 9.84. The van der Waals surface area contributed by atoms with Gasteiger partial charge in [-0.15, -0.1) is 0 Å². The molecule has 10 nitrogen and oxygen atoms in total. The minimum atomic E-state index is -3.28. The fourth-order valence-electron chi connectivity index (χ4n) is 2.42. The van der Waals surface area contributed by atoms with Gasteiger partial charge in [-0.05, 0) is 6.92 Å². The Hall–Kier alpha value is -2.14. The van der Waals surface area contributed by atoms with Crippen LogP contribution in [-0.2, 0) is 21.8 Å². The highest BCUT2D eigenvalue weighted by Gasteiger charge is 2.28. The Labute approximate surface area is 139 Å². The number of ether oxygens (including phenoxy) is 1. The molecule has 0 atom stereocenters. The Kier molecular flexibility index (Phi) is 5.13. The van der Waals surface area contributed by atoms with Gasteiger partial charge in [0.15, 0.2) is 5.69 Å². The maximum absolute atomic E-state index is 12.1. The van der Waals surface area contributed by atoms with Gasteiger partial charge in [-0.2, -0.15) is 4.31 Å². The maximum atomic E-state index is 12.1. The molecule has 0 aliphatic carbocycles. The molecule has 1 aromatic heterocycles.